The Hall–Kier alpha value is -6.68. The molecule has 10 atom stereocenters. The van der Waals surface area contributed by atoms with Gasteiger partial charge in [-0.25, -0.2) is 0 Å². The number of amides is 10. The Morgan fingerprint density at radius 2 is 1.12 bits per heavy atom. The van der Waals surface area contributed by atoms with Crippen molar-refractivity contribution in [3.05, 3.63) is 0 Å². The number of carboxylic acids is 1. The highest BCUT2D eigenvalue weighted by atomic mass is 16.4. The van der Waals surface area contributed by atoms with Crippen LogP contribution in [-0.4, -0.2) is 185 Å². The van der Waals surface area contributed by atoms with E-state index in [1.165, 1.54) is 18.7 Å². The lowest BCUT2D eigenvalue weighted by atomic mass is 9.96. The lowest BCUT2D eigenvalue weighted by Gasteiger charge is -2.32. The molecule has 0 spiro atoms. The van der Waals surface area contributed by atoms with Crippen molar-refractivity contribution in [3.63, 3.8) is 0 Å². The molecule has 1 saturated heterocycles. The third kappa shape index (κ3) is 22.7. The van der Waals surface area contributed by atoms with E-state index in [2.05, 4.69) is 52.8 Å². The van der Waals surface area contributed by atoms with E-state index in [4.69, 9.17) is 17.2 Å². The lowest BCUT2D eigenvalue weighted by Crippen LogP contribution is -2.61. The monoisotopic (exact) mass is 1040 g/mol. The Morgan fingerprint density at radius 3 is 1.63 bits per heavy atom. The fourth-order valence-electron chi connectivity index (χ4n) is 7.35. The number of nitrogens with one attached hydrogen (secondary N) is 9. The first kappa shape index (κ1) is 64.3. The molecule has 18 N–H and O–H groups in total. The van der Waals surface area contributed by atoms with Crippen LogP contribution in [0.3, 0.4) is 0 Å². The van der Waals surface area contributed by atoms with Crippen molar-refractivity contribution in [2.75, 3.05) is 39.4 Å². The number of nitrogens with two attached hydrogens (primary N) is 3. The van der Waals surface area contributed by atoms with Crippen LogP contribution in [0.25, 0.3) is 0 Å². The summed E-state index contributed by atoms with van der Waals surface area (Å²) in [5.41, 5.74) is 16.1. The van der Waals surface area contributed by atoms with Gasteiger partial charge in [0.25, 0.3) is 0 Å². The first-order valence-corrected chi connectivity index (χ1v) is 24.4. The van der Waals surface area contributed by atoms with Gasteiger partial charge in [-0.05, 0) is 70.1 Å². The van der Waals surface area contributed by atoms with Gasteiger partial charge in [-0.2, -0.15) is 0 Å². The van der Waals surface area contributed by atoms with E-state index in [9.17, 15) is 68.1 Å². The summed E-state index contributed by atoms with van der Waals surface area (Å²) in [6.07, 6.45) is 1.13. The lowest BCUT2D eigenvalue weighted by molar-refractivity contribution is -0.145. The molecule has 0 saturated carbocycles. The number of carbonyl (C=O) groups is 11. The Balaban J connectivity index is 3.34. The second-order valence-corrected chi connectivity index (χ2v) is 18.8. The van der Waals surface area contributed by atoms with Gasteiger partial charge in [0.05, 0.1) is 26.3 Å². The van der Waals surface area contributed by atoms with Gasteiger partial charge in [0.15, 0.2) is 5.96 Å². The average molecular weight is 1040 g/mol. The van der Waals surface area contributed by atoms with Crippen molar-refractivity contribution in [3.8, 4) is 0 Å². The second kappa shape index (κ2) is 32.4. The maximum atomic E-state index is 14.1. The van der Waals surface area contributed by atoms with Crippen LogP contribution in [0.4, 0.5) is 0 Å². The van der Waals surface area contributed by atoms with E-state index in [-0.39, 0.29) is 69.5 Å². The SMILES string of the molecule is CC[C@H](C)[C@H](NC(=O)[C@H](CO)NC(=O)[C@H](CCCN=C(N)N)NC(=O)[C@H](CC(C)C)NC(=O)[C@H](CC(C)C)NC(=O)[C@H](C)NC(=O)[C@H](CO)NC(=O)CNC(=O)CN)C(=O)N1CCC[C@H]1C(=O)N[C@@H](C)C(=O)O. The molecule has 0 aromatic heterocycles. The molecule has 0 bridgehead atoms. The molecule has 1 heterocycles. The van der Waals surface area contributed by atoms with Crippen LogP contribution in [0.1, 0.15) is 100 Å². The van der Waals surface area contributed by atoms with Crippen molar-refractivity contribution < 1.29 is 68.1 Å². The van der Waals surface area contributed by atoms with Crippen LogP contribution >= 0.6 is 0 Å². The number of aliphatic hydroxyl groups is 2. The van der Waals surface area contributed by atoms with E-state index in [1.807, 2.05) is 0 Å². The molecule has 0 aromatic rings. The summed E-state index contributed by atoms with van der Waals surface area (Å²) in [4.78, 5) is 149. The average Bonchev–Trinajstić information content (AvgIpc) is 3.83. The van der Waals surface area contributed by atoms with E-state index in [0.29, 0.717) is 12.8 Å². The van der Waals surface area contributed by atoms with Gasteiger partial charge in [0.1, 0.15) is 54.4 Å². The van der Waals surface area contributed by atoms with Crippen LogP contribution in [0.5, 0.6) is 0 Å². The molecular formula is C45H80N14O14. The molecule has 1 aliphatic heterocycles. The molecule has 0 aliphatic carbocycles. The highest BCUT2D eigenvalue weighted by Gasteiger charge is 2.41. The number of rotatable bonds is 32. The van der Waals surface area contributed by atoms with Crippen LogP contribution in [0.15, 0.2) is 4.99 Å². The zero-order chi connectivity index (χ0) is 55.7. The number of aliphatic hydroxyl groups excluding tert-OH is 2. The standard InChI is InChI=1S/C45H80N14O14/c1-9-24(6)35(43(71)59-15-11-13-32(59)42(70)52-26(8)44(72)73)58-41(69)31(21-61)57-37(65)27(12-10-14-49-45(47)48)54-38(66)29(17-23(4)5)56-39(67)28(16-22(2)3)55-36(64)25(7)51-40(68)30(20-60)53-34(63)19-50-33(62)18-46/h22-32,35,60-61H,9-21,46H2,1-8H3,(H,50,62)(H,51,68)(H,52,70)(H,53,63)(H,54,66)(H,55,64)(H,56,67)(H,57,65)(H,58,69)(H,72,73)(H4,47,48,49)/t24-,25-,26-,27-,28-,29-,30-,31-,32-,35-/m0/s1. The number of guanidine groups is 1. The van der Waals surface area contributed by atoms with Gasteiger partial charge >= 0.3 is 5.97 Å². The summed E-state index contributed by atoms with van der Waals surface area (Å²) in [7, 11) is 0. The molecule has 1 aliphatic rings. The maximum absolute atomic E-state index is 14.1. The van der Waals surface area contributed by atoms with Gasteiger partial charge in [0.2, 0.25) is 59.1 Å². The minimum absolute atomic E-state index is 0.0150. The highest BCUT2D eigenvalue weighted by molar-refractivity contribution is 5.98. The van der Waals surface area contributed by atoms with E-state index >= 15 is 0 Å². The predicted octanol–water partition coefficient (Wildman–Crippen LogP) is -5.77. The summed E-state index contributed by atoms with van der Waals surface area (Å²) < 4.78 is 0. The van der Waals surface area contributed by atoms with Crippen molar-refractivity contribution in [2.45, 2.75) is 155 Å². The Labute approximate surface area is 425 Å². The van der Waals surface area contributed by atoms with Gasteiger partial charge in [-0.3, -0.25) is 57.7 Å². The summed E-state index contributed by atoms with van der Waals surface area (Å²) >= 11 is 0. The number of nitrogens with zero attached hydrogens (tertiary/aromatic N) is 2. The minimum Gasteiger partial charge on any atom is -0.480 e. The molecule has 10 amide bonds. The molecular weight excluding hydrogens is 961 g/mol. The predicted molar refractivity (Wildman–Crippen MR) is 264 cm³/mol. The van der Waals surface area contributed by atoms with Crippen molar-refractivity contribution in [1.82, 2.24) is 52.8 Å². The molecule has 28 heteroatoms. The molecule has 73 heavy (non-hydrogen) atoms. The quantitative estimate of drug-likeness (QED) is 0.0170. The Kier molecular flexibility index (Phi) is 28.6. The molecule has 414 valence electrons. The number of hydrogen-bond donors (Lipinski definition) is 15. The topological polar surface area (TPSA) is 450 Å². The van der Waals surface area contributed by atoms with E-state index in [0.717, 1.165) is 0 Å². The summed E-state index contributed by atoms with van der Waals surface area (Å²) in [5.74, 6) is -10.6. The van der Waals surface area contributed by atoms with Gasteiger partial charge in [-0.1, -0.05) is 48.0 Å². The Morgan fingerprint density at radius 1 is 0.630 bits per heavy atom. The van der Waals surface area contributed by atoms with Crippen molar-refractivity contribution in [1.29, 1.82) is 0 Å². The summed E-state index contributed by atoms with van der Waals surface area (Å²) in [5, 5.41) is 51.4. The van der Waals surface area contributed by atoms with Crippen molar-refractivity contribution >= 4 is 71.0 Å². The van der Waals surface area contributed by atoms with E-state index in [1.54, 1.807) is 41.5 Å². The van der Waals surface area contributed by atoms with Crippen LogP contribution in [-0.2, 0) is 52.7 Å². The number of hydrogen-bond acceptors (Lipinski definition) is 15. The van der Waals surface area contributed by atoms with Crippen LogP contribution in [0, 0.1) is 17.8 Å². The van der Waals surface area contributed by atoms with Crippen molar-refractivity contribution in [2.24, 2.45) is 39.9 Å². The maximum Gasteiger partial charge on any atom is 0.325 e. The molecule has 0 radical (unpaired) electrons. The summed E-state index contributed by atoms with van der Waals surface area (Å²) in [6, 6.07) is -12.0. The highest BCUT2D eigenvalue weighted by Crippen LogP contribution is 2.22. The van der Waals surface area contributed by atoms with Crippen LogP contribution < -0.4 is 65.1 Å². The molecule has 1 fully saturated rings. The number of carboxylic acid groups (broad SMARTS) is 1. The van der Waals surface area contributed by atoms with Gasteiger partial charge in [0, 0.05) is 13.1 Å². The smallest absolute Gasteiger partial charge is 0.325 e. The van der Waals surface area contributed by atoms with E-state index < -0.39 is 145 Å². The third-order valence-electron chi connectivity index (χ3n) is 11.6. The number of likely N-dealkylation sites (tertiary alicyclic amines) is 1. The molecule has 28 nitrogen and oxygen atoms in total. The fourth-order valence-corrected chi connectivity index (χ4v) is 7.35. The number of carbonyl (C=O) groups excluding carboxylic acids is 10. The second-order valence-electron chi connectivity index (χ2n) is 18.8. The third-order valence-corrected chi connectivity index (χ3v) is 11.6. The first-order valence-electron chi connectivity index (χ1n) is 24.4. The summed E-state index contributed by atoms with van der Waals surface area (Å²) in [6.45, 7) is 10.5. The van der Waals surface area contributed by atoms with Gasteiger partial charge < -0.3 is 85.3 Å². The molecule has 0 aromatic carbocycles. The molecule has 1 rings (SSSR count). The normalized spacial score (nSPS) is 16.9. The van der Waals surface area contributed by atoms with Gasteiger partial charge in [-0.15, -0.1) is 0 Å². The Bertz CT molecular complexity index is 1950. The zero-order valence-corrected chi connectivity index (χ0v) is 43.1. The fraction of sp³-hybridized carbons (Fsp3) is 0.733. The number of aliphatic carboxylic acids is 1. The first-order chi connectivity index (χ1) is 34.2. The minimum atomic E-state index is -1.67. The van der Waals surface area contributed by atoms with Crippen LogP contribution in [0.2, 0.25) is 0 Å². The molecule has 0 unspecified atom stereocenters. The number of aliphatic imine (C=N–C) groups is 1. The zero-order valence-electron chi connectivity index (χ0n) is 43.1. The largest absolute Gasteiger partial charge is 0.480 e.